The minimum atomic E-state index is 1.07. The highest BCUT2D eigenvalue weighted by molar-refractivity contribution is 5.73. The predicted molar refractivity (Wildman–Crippen MR) is 47.3 cm³/mol. The topological polar surface area (TPSA) is 12.4 Å². The first kappa shape index (κ1) is 8.89. The molecule has 0 heterocycles. The van der Waals surface area contributed by atoms with Gasteiger partial charge in [-0.25, -0.2) is 0 Å². The molecule has 1 nitrogen and oxygen atoms in total. The summed E-state index contributed by atoms with van der Waals surface area (Å²) in [5.74, 6) is 0. The molecule has 54 valence electrons. The summed E-state index contributed by atoms with van der Waals surface area (Å²) in [5, 5.41) is 0. The van der Waals surface area contributed by atoms with Gasteiger partial charge in [0.15, 0.2) is 0 Å². The quantitative estimate of drug-likeness (QED) is 0.417. The Morgan fingerprint density at radius 2 is 2.00 bits per heavy atom. The molecule has 10 heavy (non-hydrogen) atoms. The molecule has 0 radical (unpaired) electrons. The van der Waals surface area contributed by atoms with Crippen LogP contribution in [0.15, 0.2) is 41.6 Å². The van der Waals surface area contributed by atoms with Crippen molar-refractivity contribution in [1.29, 1.82) is 0 Å². The van der Waals surface area contributed by atoms with Crippen LogP contribution >= 0.6 is 0 Å². The van der Waals surface area contributed by atoms with E-state index in [4.69, 9.17) is 0 Å². The number of allylic oxidation sites excluding steroid dienone is 3. The Labute approximate surface area is 62.5 Å². The first-order valence-corrected chi connectivity index (χ1v) is 3.15. The van der Waals surface area contributed by atoms with Crippen LogP contribution in [0, 0.1) is 0 Å². The summed E-state index contributed by atoms with van der Waals surface area (Å²) in [6.07, 6.45) is 5.11. The maximum Gasteiger partial charge on any atom is 0.0270 e. The van der Waals surface area contributed by atoms with Crippen LogP contribution in [0.5, 0.6) is 0 Å². The van der Waals surface area contributed by atoms with Gasteiger partial charge in [-0.15, -0.1) is 0 Å². The van der Waals surface area contributed by atoms with Crippen molar-refractivity contribution in [3.05, 3.63) is 36.6 Å². The zero-order valence-electron chi connectivity index (χ0n) is 6.59. The Bertz CT molecular complexity index is 185. The van der Waals surface area contributed by atoms with E-state index < -0.39 is 0 Å². The highest BCUT2D eigenvalue weighted by atomic mass is 14.6. The highest BCUT2D eigenvalue weighted by Crippen LogP contribution is 2.02. The van der Waals surface area contributed by atoms with Crippen LogP contribution in [0.1, 0.15) is 13.8 Å². The molecule has 0 fully saturated rings. The van der Waals surface area contributed by atoms with Gasteiger partial charge in [-0.3, -0.25) is 4.99 Å². The lowest BCUT2D eigenvalue weighted by Crippen LogP contribution is -1.76. The summed E-state index contributed by atoms with van der Waals surface area (Å²) in [4.78, 5) is 3.82. The molecular formula is C9H13N. The summed E-state index contributed by atoms with van der Waals surface area (Å²) in [6, 6.07) is 0. The molecule has 0 bridgehead atoms. The predicted octanol–water partition coefficient (Wildman–Crippen LogP) is 2.72. The molecule has 0 saturated carbocycles. The van der Waals surface area contributed by atoms with Crippen LogP contribution < -0.4 is 0 Å². The van der Waals surface area contributed by atoms with E-state index in [-0.39, 0.29) is 0 Å². The molecule has 0 aromatic carbocycles. The molecular weight excluding hydrogens is 122 g/mol. The molecule has 0 aromatic heterocycles. The van der Waals surface area contributed by atoms with Crippen LogP contribution in [0.3, 0.4) is 0 Å². The Morgan fingerprint density at radius 3 is 2.40 bits per heavy atom. The molecule has 0 saturated heterocycles. The minimum absolute atomic E-state index is 1.07. The number of rotatable bonds is 3. The van der Waals surface area contributed by atoms with Crippen LogP contribution in [0.4, 0.5) is 0 Å². The number of nitrogens with zero attached hydrogens (tertiary/aromatic N) is 1. The van der Waals surface area contributed by atoms with E-state index in [1.165, 1.54) is 6.20 Å². The lowest BCUT2D eigenvalue weighted by Gasteiger charge is -1.93. The van der Waals surface area contributed by atoms with Gasteiger partial charge in [-0.05, 0) is 25.5 Å². The van der Waals surface area contributed by atoms with Gasteiger partial charge in [0, 0.05) is 12.4 Å². The maximum absolute atomic E-state index is 3.82. The van der Waals surface area contributed by atoms with Crippen molar-refractivity contribution in [3.8, 4) is 0 Å². The SMILES string of the molecule is C=C/N=C\C=C(/C)C(=C)C. The molecule has 0 amide bonds. The first-order valence-electron chi connectivity index (χ1n) is 3.15. The van der Waals surface area contributed by atoms with E-state index in [1.807, 2.05) is 19.9 Å². The fourth-order valence-electron chi connectivity index (χ4n) is 0.358. The fourth-order valence-corrected chi connectivity index (χ4v) is 0.358. The number of hydrogen-bond donors (Lipinski definition) is 0. The average Bonchev–Trinajstić information content (AvgIpc) is 1.88. The summed E-state index contributed by atoms with van der Waals surface area (Å²) in [7, 11) is 0. The summed E-state index contributed by atoms with van der Waals surface area (Å²) >= 11 is 0. The monoisotopic (exact) mass is 135 g/mol. The maximum atomic E-state index is 3.82. The van der Waals surface area contributed by atoms with Gasteiger partial charge in [0.25, 0.3) is 0 Å². The van der Waals surface area contributed by atoms with Crippen molar-refractivity contribution in [3.63, 3.8) is 0 Å². The molecule has 0 N–H and O–H groups in total. The molecule has 0 atom stereocenters. The van der Waals surface area contributed by atoms with Gasteiger partial charge in [0.1, 0.15) is 0 Å². The standard InChI is InChI=1S/C9H13N/c1-5-10-7-6-9(4)8(2)3/h5-7H,1-2H2,3-4H3/b9-6+,10-7-. The fraction of sp³-hybridized carbons (Fsp3) is 0.222. The summed E-state index contributed by atoms with van der Waals surface area (Å²) < 4.78 is 0. The molecule has 0 spiro atoms. The second kappa shape index (κ2) is 4.74. The zero-order valence-corrected chi connectivity index (χ0v) is 6.59. The molecule has 0 unspecified atom stereocenters. The first-order chi connectivity index (χ1) is 4.68. The van der Waals surface area contributed by atoms with E-state index in [2.05, 4.69) is 18.2 Å². The third-order valence-corrected chi connectivity index (χ3v) is 1.19. The minimum Gasteiger partial charge on any atom is -0.265 e. The van der Waals surface area contributed by atoms with E-state index in [1.54, 1.807) is 6.21 Å². The number of aliphatic imine (C=N–C) groups is 1. The van der Waals surface area contributed by atoms with E-state index in [0.717, 1.165) is 11.1 Å². The van der Waals surface area contributed by atoms with Crippen molar-refractivity contribution in [2.45, 2.75) is 13.8 Å². The second-order valence-electron chi connectivity index (χ2n) is 2.11. The van der Waals surface area contributed by atoms with Gasteiger partial charge in [0.05, 0.1) is 0 Å². The number of hydrogen-bond acceptors (Lipinski definition) is 1. The normalized spacial score (nSPS) is 12.0. The molecule has 0 aliphatic rings. The van der Waals surface area contributed by atoms with Gasteiger partial charge >= 0.3 is 0 Å². The van der Waals surface area contributed by atoms with Crippen LogP contribution in [-0.2, 0) is 0 Å². The van der Waals surface area contributed by atoms with E-state index in [0.29, 0.717) is 0 Å². The highest BCUT2D eigenvalue weighted by Gasteiger charge is 1.83. The third kappa shape index (κ3) is 3.84. The largest absolute Gasteiger partial charge is 0.265 e. The van der Waals surface area contributed by atoms with Gasteiger partial charge in [0.2, 0.25) is 0 Å². The van der Waals surface area contributed by atoms with E-state index >= 15 is 0 Å². The lowest BCUT2D eigenvalue weighted by atomic mass is 10.1. The van der Waals surface area contributed by atoms with Crippen molar-refractivity contribution in [2.24, 2.45) is 4.99 Å². The lowest BCUT2D eigenvalue weighted by molar-refractivity contribution is 1.37. The van der Waals surface area contributed by atoms with Crippen molar-refractivity contribution in [2.75, 3.05) is 0 Å². The van der Waals surface area contributed by atoms with Crippen LogP contribution in [-0.4, -0.2) is 6.21 Å². The molecule has 0 aliphatic heterocycles. The zero-order chi connectivity index (χ0) is 7.98. The van der Waals surface area contributed by atoms with Crippen LogP contribution in [0.25, 0.3) is 0 Å². The Hall–Kier alpha value is -1.11. The van der Waals surface area contributed by atoms with Gasteiger partial charge in [-0.1, -0.05) is 18.7 Å². The second-order valence-corrected chi connectivity index (χ2v) is 2.11. The molecule has 0 rings (SSSR count). The third-order valence-electron chi connectivity index (χ3n) is 1.19. The molecule has 1 heteroatoms. The Balaban J connectivity index is 4.04. The summed E-state index contributed by atoms with van der Waals surface area (Å²) in [6.45, 7) is 11.2. The van der Waals surface area contributed by atoms with Crippen molar-refractivity contribution >= 4 is 6.21 Å². The molecule has 0 aromatic rings. The van der Waals surface area contributed by atoms with Crippen molar-refractivity contribution in [1.82, 2.24) is 0 Å². The smallest absolute Gasteiger partial charge is 0.0270 e. The van der Waals surface area contributed by atoms with Gasteiger partial charge in [-0.2, -0.15) is 0 Å². The van der Waals surface area contributed by atoms with E-state index in [9.17, 15) is 0 Å². The van der Waals surface area contributed by atoms with Crippen molar-refractivity contribution < 1.29 is 0 Å². The van der Waals surface area contributed by atoms with Crippen LogP contribution in [0.2, 0.25) is 0 Å². The Morgan fingerprint density at radius 1 is 1.40 bits per heavy atom. The molecule has 0 aliphatic carbocycles. The summed E-state index contributed by atoms with van der Waals surface area (Å²) in [5.41, 5.74) is 2.21. The van der Waals surface area contributed by atoms with Gasteiger partial charge < -0.3 is 0 Å². The average molecular weight is 135 g/mol. The Kier molecular flexibility index (Phi) is 4.21.